The number of imidazole rings is 1. The lowest BCUT2D eigenvalue weighted by atomic mass is 9.96. The highest BCUT2D eigenvalue weighted by Crippen LogP contribution is 2.32. The Morgan fingerprint density at radius 3 is 2.68 bits per heavy atom. The van der Waals surface area contributed by atoms with Gasteiger partial charge in [0.25, 0.3) is 0 Å². The number of ether oxygens (including phenoxy) is 1. The van der Waals surface area contributed by atoms with Gasteiger partial charge in [-0.25, -0.2) is 14.2 Å². The van der Waals surface area contributed by atoms with Crippen molar-refractivity contribution in [3.05, 3.63) is 65.1 Å². The number of carbonyl (C=O) groups excluding carboxylic acids is 1. The standard InChI is InChI=1S/C18H19FN4O2/c1-4-25-18(24)14-11(2)21-16(17-20-9-10-23(17)3)22-15(14)12-5-7-13(19)8-6-12/h5-10,15H,4H2,1-3H3,(H,21,22)/t15-/m0/s1. The molecule has 6 nitrogen and oxygen atoms in total. The van der Waals surface area contributed by atoms with Gasteiger partial charge in [0, 0.05) is 25.1 Å². The van der Waals surface area contributed by atoms with Crippen LogP contribution in [0.4, 0.5) is 4.39 Å². The summed E-state index contributed by atoms with van der Waals surface area (Å²) in [6.45, 7) is 3.81. The number of aryl methyl sites for hydroxylation is 1. The highest BCUT2D eigenvalue weighted by molar-refractivity contribution is 6.01. The fraction of sp³-hybridized carbons (Fsp3) is 0.278. The molecule has 0 fully saturated rings. The highest BCUT2D eigenvalue weighted by atomic mass is 19.1. The molecule has 1 aromatic heterocycles. The maximum Gasteiger partial charge on any atom is 0.338 e. The molecule has 0 saturated heterocycles. The summed E-state index contributed by atoms with van der Waals surface area (Å²) in [4.78, 5) is 21.4. The van der Waals surface area contributed by atoms with E-state index >= 15 is 0 Å². The first kappa shape index (κ1) is 16.9. The molecule has 2 heterocycles. The summed E-state index contributed by atoms with van der Waals surface area (Å²) >= 11 is 0. The number of benzene rings is 1. The van der Waals surface area contributed by atoms with E-state index in [1.54, 1.807) is 32.2 Å². The Bertz CT molecular complexity index is 852. The lowest BCUT2D eigenvalue weighted by molar-refractivity contribution is -0.138. The summed E-state index contributed by atoms with van der Waals surface area (Å²) in [6, 6.07) is 5.36. The minimum atomic E-state index is -0.590. The number of hydrogen-bond acceptors (Lipinski definition) is 5. The lowest BCUT2D eigenvalue weighted by Crippen LogP contribution is -2.34. The Balaban J connectivity index is 2.08. The number of allylic oxidation sites excluding steroid dienone is 1. The number of halogens is 1. The lowest BCUT2D eigenvalue weighted by Gasteiger charge is -2.25. The van der Waals surface area contributed by atoms with Gasteiger partial charge in [-0.15, -0.1) is 0 Å². The van der Waals surface area contributed by atoms with E-state index in [-0.39, 0.29) is 12.4 Å². The fourth-order valence-electron chi connectivity index (χ4n) is 2.74. The number of aromatic nitrogens is 2. The minimum Gasteiger partial charge on any atom is -0.463 e. The van der Waals surface area contributed by atoms with Crippen LogP contribution in [0.3, 0.4) is 0 Å². The minimum absolute atomic E-state index is 0.266. The van der Waals surface area contributed by atoms with E-state index in [0.717, 1.165) is 0 Å². The maximum atomic E-state index is 13.3. The van der Waals surface area contributed by atoms with Gasteiger partial charge in [0.2, 0.25) is 0 Å². The van der Waals surface area contributed by atoms with Crippen molar-refractivity contribution in [2.75, 3.05) is 6.61 Å². The predicted octanol–water partition coefficient (Wildman–Crippen LogP) is 2.49. The summed E-state index contributed by atoms with van der Waals surface area (Å²) in [5.41, 5.74) is 1.75. The fourth-order valence-corrected chi connectivity index (χ4v) is 2.74. The summed E-state index contributed by atoms with van der Waals surface area (Å²) in [5, 5.41) is 3.13. The highest BCUT2D eigenvalue weighted by Gasteiger charge is 2.31. The van der Waals surface area contributed by atoms with Crippen molar-refractivity contribution in [2.45, 2.75) is 19.9 Å². The molecule has 0 radical (unpaired) electrons. The molecule has 130 valence electrons. The Hall–Kier alpha value is -2.96. The van der Waals surface area contributed by atoms with E-state index in [0.29, 0.717) is 28.5 Å². The molecule has 2 aromatic rings. The van der Waals surface area contributed by atoms with Crippen LogP contribution in [0.15, 0.2) is 52.9 Å². The van der Waals surface area contributed by atoms with Crippen LogP contribution in [0.1, 0.15) is 31.3 Å². The Morgan fingerprint density at radius 1 is 1.36 bits per heavy atom. The van der Waals surface area contributed by atoms with Crippen LogP contribution in [-0.2, 0) is 16.6 Å². The Kier molecular flexibility index (Phi) is 4.65. The molecular formula is C18H19FN4O2. The molecule has 0 amide bonds. The molecule has 1 aliphatic rings. The SMILES string of the molecule is CCOC(=O)C1=C(C)NC(c2nccn2C)=N[C@H]1c1ccc(F)cc1. The number of nitrogens with zero attached hydrogens (tertiary/aromatic N) is 3. The normalized spacial score (nSPS) is 17.1. The van der Waals surface area contributed by atoms with E-state index < -0.39 is 12.0 Å². The van der Waals surface area contributed by atoms with Crippen molar-refractivity contribution in [3.8, 4) is 0 Å². The monoisotopic (exact) mass is 342 g/mol. The molecule has 0 aliphatic carbocycles. The molecule has 1 atom stereocenters. The van der Waals surface area contributed by atoms with Crippen molar-refractivity contribution in [1.82, 2.24) is 14.9 Å². The third-order valence-electron chi connectivity index (χ3n) is 3.96. The smallest absolute Gasteiger partial charge is 0.338 e. The van der Waals surface area contributed by atoms with Gasteiger partial charge in [-0.3, -0.25) is 4.99 Å². The number of aliphatic imine (C=N–C) groups is 1. The number of nitrogens with one attached hydrogen (secondary N) is 1. The van der Waals surface area contributed by atoms with E-state index in [4.69, 9.17) is 4.74 Å². The molecule has 1 N–H and O–H groups in total. The molecule has 0 bridgehead atoms. The second-order valence-electron chi connectivity index (χ2n) is 5.68. The van der Waals surface area contributed by atoms with Crippen molar-refractivity contribution < 1.29 is 13.9 Å². The van der Waals surface area contributed by atoms with Gasteiger partial charge in [0.05, 0.1) is 12.2 Å². The van der Waals surface area contributed by atoms with Gasteiger partial charge in [0.15, 0.2) is 11.7 Å². The second kappa shape index (κ2) is 6.88. The van der Waals surface area contributed by atoms with Crippen LogP contribution in [0.2, 0.25) is 0 Å². The Morgan fingerprint density at radius 2 is 2.08 bits per heavy atom. The van der Waals surface area contributed by atoms with Crippen molar-refractivity contribution in [2.24, 2.45) is 12.0 Å². The first-order chi connectivity index (χ1) is 12.0. The van der Waals surface area contributed by atoms with Crippen LogP contribution < -0.4 is 5.32 Å². The van der Waals surface area contributed by atoms with Crippen LogP contribution in [0, 0.1) is 5.82 Å². The first-order valence-electron chi connectivity index (χ1n) is 7.97. The molecule has 25 heavy (non-hydrogen) atoms. The average molecular weight is 342 g/mol. The van der Waals surface area contributed by atoms with Crippen LogP contribution in [0.25, 0.3) is 0 Å². The molecule has 7 heteroatoms. The van der Waals surface area contributed by atoms with Crippen molar-refractivity contribution >= 4 is 11.8 Å². The van der Waals surface area contributed by atoms with Crippen molar-refractivity contribution in [1.29, 1.82) is 0 Å². The number of amidine groups is 1. The third kappa shape index (κ3) is 3.31. The van der Waals surface area contributed by atoms with Gasteiger partial charge in [-0.2, -0.15) is 0 Å². The third-order valence-corrected chi connectivity index (χ3v) is 3.96. The van der Waals surface area contributed by atoms with Gasteiger partial charge in [0.1, 0.15) is 11.9 Å². The van der Waals surface area contributed by atoms with Gasteiger partial charge < -0.3 is 14.6 Å². The largest absolute Gasteiger partial charge is 0.463 e. The van der Waals surface area contributed by atoms with Crippen LogP contribution in [-0.4, -0.2) is 28.0 Å². The van der Waals surface area contributed by atoms with Crippen LogP contribution in [0.5, 0.6) is 0 Å². The molecular weight excluding hydrogens is 323 g/mol. The predicted molar refractivity (Wildman–Crippen MR) is 91.4 cm³/mol. The molecule has 0 saturated carbocycles. The summed E-state index contributed by atoms with van der Waals surface area (Å²) in [6.07, 6.45) is 3.48. The van der Waals surface area contributed by atoms with Crippen molar-refractivity contribution in [3.63, 3.8) is 0 Å². The van der Waals surface area contributed by atoms with E-state index in [1.807, 2.05) is 17.8 Å². The molecule has 1 aromatic carbocycles. The zero-order valence-electron chi connectivity index (χ0n) is 14.3. The zero-order valence-corrected chi connectivity index (χ0v) is 14.3. The van der Waals surface area contributed by atoms with Gasteiger partial charge in [-0.05, 0) is 31.5 Å². The summed E-state index contributed by atoms with van der Waals surface area (Å²) in [5.74, 6) is 0.413. The number of rotatable bonds is 4. The number of hydrogen-bond donors (Lipinski definition) is 1. The topological polar surface area (TPSA) is 68.5 Å². The van der Waals surface area contributed by atoms with E-state index in [9.17, 15) is 9.18 Å². The summed E-state index contributed by atoms with van der Waals surface area (Å²) in [7, 11) is 1.86. The van der Waals surface area contributed by atoms with E-state index in [2.05, 4.69) is 15.3 Å². The quantitative estimate of drug-likeness (QED) is 0.867. The Labute approximate surface area is 145 Å². The molecule has 1 aliphatic heterocycles. The maximum absolute atomic E-state index is 13.3. The molecule has 3 rings (SSSR count). The van der Waals surface area contributed by atoms with Gasteiger partial charge in [-0.1, -0.05) is 12.1 Å². The number of esters is 1. The van der Waals surface area contributed by atoms with Gasteiger partial charge >= 0.3 is 5.97 Å². The zero-order chi connectivity index (χ0) is 18.0. The van der Waals surface area contributed by atoms with Crippen LogP contribution >= 0.6 is 0 Å². The molecule has 0 unspecified atom stereocenters. The summed E-state index contributed by atoms with van der Waals surface area (Å²) < 4.78 is 20.3. The second-order valence-corrected chi connectivity index (χ2v) is 5.68. The molecule has 0 spiro atoms. The average Bonchev–Trinajstić information content (AvgIpc) is 3.01. The first-order valence-corrected chi connectivity index (χ1v) is 7.97. The van der Waals surface area contributed by atoms with E-state index in [1.165, 1.54) is 12.1 Å². The number of carbonyl (C=O) groups is 1.